The minimum absolute atomic E-state index is 0. The fourth-order valence-corrected chi connectivity index (χ4v) is 1.11. The molecule has 2 heteroatoms. The Balaban J connectivity index is 0.000000980. The molecule has 14 heavy (non-hydrogen) atoms. The van der Waals surface area contributed by atoms with Crippen LogP contribution in [-0.2, 0) is 0 Å². The third-order valence-corrected chi connectivity index (χ3v) is 1.72. The fourth-order valence-electron chi connectivity index (χ4n) is 1.11. The van der Waals surface area contributed by atoms with Gasteiger partial charge in [-0.2, -0.15) is 0 Å². The van der Waals surface area contributed by atoms with Crippen molar-refractivity contribution in [2.75, 3.05) is 0 Å². The van der Waals surface area contributed by atoms with Gasteiger partial charge in [0.05, 0.1) is 0 Å². The van der Waals surface area contributed by atoms with Gasteiger partial charge in [0.2, 0.25) is 0 Å². The Morgan fingerprint density at radius 2 is 0.929 bits per heavy atom. The van der Waals surface area contributed by atoms with Crippen molar-refractivity contribution >= 4 is 23.9 Å². The van der Waals surface area contributed by atoms with Gasteiger partial charge in [-0.05, 0) is 24.3 Å². The normalized spacial score (nSPS) is 8.86. The molecule has 0 amide bonds. The zero-order chi connectivity index (χ0) is 8.93. The van der Waals surface area contributed by atoms with Gasteiger partial charge < -0.3 is 4.74 Å². The van der Waals surface area contributed by atoms with Crippen LogP contribution in [0.15, 0.2) is 60.7 Å². The van der Waals surface area contributed by atoms with Crippen molar-refractivity contribution < 1.29 is 4.74 Å². The summed E-state index contributed by atoms with van der Waals surface area (Å²) in [4.78, 5) is 0. The molecule has 0 aliphatic heterocycles. The fraction of sp³-hybridized carbons (Fsp3) is 0. The van der Waals surface area contributed by atoms with Crippen molar-refractivity contribution in [2.45, 2.75) is 0 Å². The Morgan fingerprint density at radius 1 is 0.571 bits per heavy atom. The minimum atomic E-state index is 0. The first kappa shape index (κ1) is 11.1. The summed E-state index contributed by atoms with van der Waals surface area (Å²) in [7, 11) is 0. The van der Waals surface area contributed by atoms with E-state index in [2.05, 4.69) is 0 Å². The summed E-state index contributed by atoms with van der Waals surface area (Å²) in [5, 5.41) is 0. The van der Waals surface area contributed by atoms with E-state index >= 15 is 0 Å². The van der Waals surface area contributed by atoms with Crippen LogP contribution in [0.4, 0.5) is 0 Å². The maximum Gasteiger partial charge on any atom is 0.127 e. The van der Waals surface area contributed by atoms with E-state index in [1.807, 2.05) is 60.7 Å². The quantitative estimate of drug-likeness (QED) is 0.772. The maximum atomic E-state index is 5.58. The summed E-state index contributed by atoms with van der Waals surface area (Å²) in [6, 6.07) is 19.5. The predicted octanol–water partition coefficient (Wildman–Crippen LogP) is 3.10. The second kappa shape index (κ2) is 5.70. The molecule has 0 fully saturated rings. The van der Waals surface area contributed by atoms with Crippen LogP contribution in [0.25, 0.3) is 0 Å². The molecule has 2 rings (SSSR count). The van der Waals surface area contributed by atoms with Gasteiger partial charge in [-0.15, -0.1) is 0 Å². The summed E-state index contributed by atoms with van der Waals surface area (Å²) in [6.45, 7) is 0. The van der Waals surface area contributed by atoms with Gasteiger partial charge in [0.15, 0.2) is 0 Å². The summed E-state index contributed by atoms with van der Waals surface area (Å²) < 4.78 is 5.58. The Hall–Kier alpha value is -0.961. The van der Waals surface area contributed by atoms with Crippen LogP contribution >= 0.6 is 0 Å². The van der Waals surface area contributed by atoms with Crippen LogP contribution in [-0.4, -0.2) is 23.9 Å². The molecule has 68 valence electrons. The molecule has 0 aliphatic carbocycles. The van der Waals surface area contributed by atoms with E-state index in [0.717, 1.165) is 11.5 Å². The average molecular weight is 289 g/mol. The van der Waals surface area contributed by atoms with Crippen molar-refractivity contribution in [1.29, 1.82) is 0 Å². The molecule has 4 radical (unpaired) electrons. The van der Waals surface area contributed by atoms with E-state index in [0.29, 0.717) is 0 Å². The zero-order valence-electron chi connectivity index (χ0n) is 7.68. The first-order valence-electron chi connectivity index (χ1n) is 4.23. The first-order valence-corrected chi connectivity index (χ1v) is 4.23. The standard InChI is InChI=1S/C12H10O.Sn/c1-3-7-11(8-4-1)13-12-9-5-2-6-10-12;/h1-10H;. The van der Waals surface area contributed by atoms with E-state index in [1.165, 1.54) is 0 Å². The molecule has 0 aromatic heterocycles. The third kappa shape index (κ3) is 3.07. The Bertz CT molecular complexity index is 321. The van der Waals surface area contributed by atoms with E-state index in [1.54, 1.807) is 0 Å². The molecular formula is C12H10OSn. The van der Waals surface area contributed by atoms with Crippen LogP contribution in [0, 0.1) is 0 Å². The van der Waals surface area contributed by atoms with Crippen LogP contribution in [0.5, 0.6) is 11.5 Å². The smallest absolute Gasteiger partial charge is 0.127 e. The number of benzene rings is 2. The van der Waals surface area contributed by atoms with Crippen molar-refractivity contribution in [3.8, 4) is 11.5 Å². The first-order chi connectivity index (χ1) is 6.45. The monoisotopic (exact) mass is 290 g/mol. The number of para-hydroxylation sites is 2. The van der Waals surface area contributed by atoms with Gasteiger partial charge in [0.25, 0.3) is 0 Å². The predicted molar refractivity (Wildman–Crippen MR) is 58.7 cm³/mol. The molecule has 0 heterocycles. The van der Waals surface area contributed by atoms with Crippen LogP contribution in [0.3, 0.4) is 0 Å². The SMILES string of the molecule is [Sn].c1ccc(Oc2ccccc2)cc1. The van der Waals surface area contributed by atoms with Gasteiger partial charge in [-0.25, -0.2) is 0 Å². The molecule has 2 aromatic carbocycles. The molecule has 0 saturated carbocycles. The number of ether oxygens (including phenoxy) is 1. The molecule has 0 unspecified atom stereocenters. The van der Waals surface area contributed by atoms with Crippen molar-refractivity contribution in [3.63, 3.8) is 0 Å². The molecule has 1 nitrogen and oxygen atoms in total. The number of hydrogen-bond donors (Lipinski definition) is 0. The molecular weight excluding hydrogens is 279 g/mol. The Kier molecular flexibility index (Phi) is 4.53. The summed E-state index contributed by atoms with van der Waals surface area (Å²) >= 11 is 0. The molecule has 0 N–H and O–H groups in total. The van der Waals surface area contributed by atoms with Crippen molar-refractivity contribution in [1.82, 2.24) is 0 Å². The molecule has 0 atom stereocenters. The van der Waals surface area contributed by atoms with E-state index in [4.69, 9.17) is 4.74 Å². The van der Waals surface area contributed by atoms with Crippen molar-refractivity contribution in [2.24, 2.45) is 0 Å². The van der Waals surface area contributed by atoms with Gasteiger partial charge in [-0.1, -0.05) is 36.4 Å². The summed E-state index contributed by atoms with van der Waals surface area (Å²) in [5.74, 6) is 1.74. The van der Waals surface area contributed by atoms with Crippen LogP contribution in [0.2, 0.25) is 0 Å². The minimum Gasteiger partial charge on any atom is -0.457 e. The van der Waals surface area contributed by atoms with Gasteiger partial charge in [0, 0.05) is 23.9 Å². The average Bonchev–Trinajstić information content (AvgIpc) is 2.21. The van der Waals surface area contributed by atoms with Crippen LogP contribution in [0.1, 0.15) is 0 Å². The molecule has 0 bridgehead atoms. The Labute approximate surface area is 101 Å². The zero-order valence-corrected chi connectivity index (χ0v) is 10.5. The van der Waals surface area contributed by atoms with Gasteiger partial charge in [0.1, 0.15) is 11.5 Å². The molecule has 2 aromatic rings. The molecule has 0 spiro atoms. The Morgan fingerprint density at radius 3 is 1.29 bits per heavy atom. The van der Waals surface area contributed by atoms with E-state index in [-0.39, 0.29) is 23.9 Å². The topological polar surface area (TPSA) is 9.23 Å². The largest absolute Gasteiger partial charge is 0.457 e. The van der Waals surface area contributed by atoms with Crippen LogP contribution < -0.4 is 4.74 Å². The number of rotatable bonds is 2. The second-order valence-electron chi connectivity index (χ2n) is 2.73. The third-order valence-electron chi connectivity index (χ3n) is 1.72. The molecule has 0 saturated heterocycles. The van der Waals surface area contributed by atoms with E-state index in [9.17, 15) is 0 Å². The number of hydrogen-bond acceptors (Lipinski definition) is 1. The van der Waals surface area contributed by atoms with Gasteiger partial charge >= 0.3 is 0 Å². The van der Waals surface area contributed by atoms with Crippen molar-refractivity contribution in [3.05, 3.63) is 60.7 Å². The van der Waals surface area contributed by atoms with E-state index < -0.39 is 0 Å². The summed E-state index contributed by atoms with van der Waals surface area (Å²) in [6.07, 6.45) is 0. The maximum absolute atomic E-state index is 5.58. The molecule has 0 aliphatic rings. The summed E-state index contributed by atoms with van der Waals surface area (Å²) in [5.41, 5.74) is 0. The van der Waals surface area contributed by atoms with Gasteiger partial charge in [-0.3, -0.25) is 0 Å². The second-order valence-corrected chi connectivity index (χ2v) is 2.73.